The minimum Gasteiger partial charge on any atom is -0.494 e. The maximum absolute atomic E-state index is 12.5. The van der Waals surface area contributed by atoms with Crippen molar-refractivity contribution in [1.29, 1.82) is 0 Å². The highest BCUT2D eigenvalue weighted by Crippen LogP contribution is 2.21. The van der Waals surface area contributed by atoms with Crippen LogP contribution in [0.1, 0.15) is 102 Å². The van der Waals surface area contributed by atoms with E-state index in [0.29, 0.717) is 6.54 Å². The summed E-state index contributed by atoms with van der Waals surface area (Å²) in [6, 6.07) is 16.4. The van der Waals surface area contributed by atoms with Gasteiger partial charge in [-0.3, -0.25) is 4.79 Å². The smallest absolute Gasteiger partial charge is 0.224 e. The van der Waals surface area contributed by atoms with Crippen molar-refractivity contribution in [3.05, 3.63) is 76.7 Å². The van der Waals surface area contributed by atoms with Crippen molar-refractivity contribution in [2.24, 2.45) is 0 Å². The van der Waals surface area contributed by atoms with Gasteiger partial charge in [-0.2, -0.15) is 4.57 Å². The molecule has 4 nitrogen and oxygen atoms in total. The van der Waals surface area contributed by atoms with Crippen LogP contribution in [0, 0.1) is 0 Å². The first-order chi connectivity index (χ1) is 18.7. The van der Waals surface area contributed by atoms with E-state index in [1.807, 2.05) is 29.2 Å². The number of hydrogen-bond acceptors (Lipinski definition) is 3. The number of benzene rings is 2. The Morgan fingerprint density at radius 1 is 0.842 bits per heavy atom. The lowest BCUT2D eigenvalue weighted by Crippen LogP contribution is -2.31. The Balaban J connectivity index is 1.34. The number of rotatable bonds is 19. The summed E-state index contributed by atoms with van der Waals surface area (Å²) in [5.74, 6) is 0.943. The summed E-state index contributed by atoms with van der Waals surface area (Å²) in [7, 11) is 0. The fraction of sp³-hybridized carbons (Fsp3) is 0.515. The first-order valence-electron chi connectivity index (χ1n) is 14.7. The molecule has 0 spiro atoms. The van der Waals surface area contributed by atoms with Crippen molar-refractivity contribution in [2.75, 3.05) is 11.5 Å². The maximum Gasteiger partial charge on any atom is 0.224 e. The highest BCUT2D eigenvalue weighted by molar-refractivity contribution is 7.07. The lowest BCUT2D eigenvalue weighted by atomic mass is 10.1. The van der Waals surface area contributed by atoms with Crippen molar-refractivity contribution in [1.82, 2.24) is 0 Å². The number of unbranched alkanes of at least 4 members (excludes halogenated alkanes) is 11. The van der Waals surface area contributed by atoms with E-state index >= 15 is 0 Å². The van der Waals surface area contributed by atoms with Gasteiger partial charge in [-0.25, -0.2) is 0 Å². The van der Waals surface area contributed by atoms with Gasteiger partial charge in [0.2, 0.25) is 11.4 Å². The third kappa shape index (κ3) is 11.4. The molecule has 0 aliphatic rings. The minimum atomic E-state index is 0.0395. The van der Waals surface area contributed by atoms with Gasteiger partial charge < -0.3 is 9.64 Å². The third-order valence-electron chi connectivity index (χ3n) is 7.03. The molecule has 3 aromatic rings. The van der Waals surface area contributed by atoms with Crippen molar-refractivity contribution in [3.8, 4) is 5.75 Å². The molecule has 0 atom stereocenters. The number of anilines is 1. The van der Waals surface area contributed by atoms with E-state index in [1.54, 1.807) is 18.3 Å². The van der Waals surface area contributed by atoms with Gasteiger partial charge in [-0.05, 0) is 36.2 Å². The average Bonchev–Trinajstić information content (AvgIpc) is 3.43. The molecule has 0 bridgehead atoms. The number of aromatic nitrogens is 1. The average molecular weight is 536 g/mol. The fourth-order valence-corrected chi connectivity index (χ4v) is 5.37. The monoisotopic (exact) mass is 535 g/mol. The molecule has 0 N–H and O–H groups in total. The number of amides is 1. The second kappa shape index (κ2) is 17.8. The SMILES string of the molecule is CCCCCCCCCCCCCCOc1ccc(CN(C(C)=O)c2cccc(C[n+]3ccsc3)c2)cc1. The molecule has 0 saturated carbocycles. The van der Waals surface area contributed by atoms with E-state index in [1.165, 1.54) is 76.2 Å². The first-order valence-corrected chi connectivity index (χ1v) is 15.6. The minimum absolute atomic E-state index is 0.0395. The summed E-state index contributed by atoms with van der Waals surface area (Å²) in [6.07, 6.45) is 18.3. The van der Waals surface area contributed by atoms with E-state index in [0.717, 1.165) is 36.6 Å². The van der Waals surface area contributed by atoms with E-state index in [4.69, 9.17) is 4.74 Å². The molecular formula is C33H47N2O2S+. The van der Waals surface area contributed by atoms with Gasteiger partial charge in [0, 0.05) is 18.2 Å². The summed E-state index contributed by atoms with van der Waals surface area (Å²) in [5, 5.41) is 2.07. The van der Waals surface area contributed by atoms with Crippen LogP contribution in [-0.4, -0.2) is 12.5 Å². The highest BCUT2D eigenvalue weighted by Gasteiger charge is 2.14. The van der Waals surface area contributed by atoms with Crippen LogP contribution in [0.15, 0.2) is 65.6 Å². The van der Waals surface area contributed by atoms with Crippen LogP contribution in [-0.2, 0) is 17.9 Å². The normalized spacial score (nSPS) is 11.0. The molecule has 0 saturated heterocycles. The fourth-order valence-electron chi connectivity index (χ4n) is 4.78. The Labute approximate surface area is 234 Å². The molecule has 5 heteroatoms. The zero-order valence-corrected chi connectivity index (χ0v) is 24.4. The summed E-state index contributed by atoms with van der Waals surface area (Å²) < 4.78 is 8.12. The second-order valence-electron chi connectivity index (χ2n) is 10.4. The molecule has 0 radical (unpaired) electrons. The quantitative estimate of drug-likeness (QED) is 0.114. The molecule has 1 heterocycles. The Morgan fingerprint density at radius 3 is 2.11 bits per heavy atom. The summed E-state index contributed by atoms with van der Waals surface area (Å²) in [4.78, 5) is 14.3. The largest absolute Gasteiger partial charge is 0.494 e. The van der Waals surface area contributed by atoms with Crippen molar-refractivity contribution < 1.29 is 14.1 Å². The molecule has 0 unspecified atom stereocenters. The van der Waals surface area contributed by atoms with E-state index < -0.39 is 0 Å². The van der Waals surface area contributed by atoms with Gasteiger partial charge >= 0.3 is 0 Å². The van der Waals surface area contributed by atoms with Crippen LogP contribution in [0.4, 0.5) is 5.69 Å². The molecule has 2 aromatic carbocycles. The van der Waals surface area contributed by atoms with E-state index in [2.05, 4.69) is 52.8 Å². The predicted octanol–water partition coefficient (Wildman–Crippen LogP) is 8.72. The lowest BCUT2D eigenvalue weighted by Gasteiger charge is -2.22. The molecule has 0 aliphatic heterocycles. The number of carbonyl (C=O) groups excluding carboxylic acids is 1. The zero-order valence-electron chi connectivity index (χ0n) is 23.6. The topological polar surface area (TPSA) is 33.4 Å². The number of thiazole rings is 1. The van der Waals surface area contributed by atoms with Crippen molar-refractivity contribution >= 4 is 22.9 Å². The van der Waals surface area contributed by atoms with Crippen LogP contribution in [0.5, 0.6) is 5.75 Å². The Bertz CT molecular complexity index is 1030. The Hall–Kier alpha value is -2.66. The van der Waals surface area contributed by atoms with Gasteiger partial charge in [-0.15, -0.1) is 0 Å². The number of hydrogen-bond donors (Lipinski definition) is 0. The zero-order chi connectivity index (χ0) is 26.8. The van der Waals surface area contributed by atoms with Crippen molar-refractivity contribution in [3.63, 3.8) is 0 Å². The summed E-state index contributed by atoms with van der Waals surface area (Å²) in [5.41, 5.74) is 5.30. The van der Waals surface area contributed by atoms with Crippen molar-refractivity contribution in [2.45, 2.75) is 104 Å². The Kier molecular flexibility index (Phi) is 14.0. The highest BCUT2D eigenvalue weighted by atomic mass is 32.1. The van der Waals surface area contributed by atoms with Gasteiger partial charge in [0.05, 0.1) is 18.5 Å². The van der Waals surface area contributed by atoms with E-state index in [-0.39, 0.29) is 5.91 Å². The van der Waals surface area contributed by atoms with Crippen LogP contribution in [0.3, 0.4) is 0 Å². The molecule has 1 aromatic heterocycles. The molecule has 1 amide bonds. The van der Waals surface area contributed by atoms with Crippen LogP contribution in [0.2, 0.25) is 0 Å². The molecule has 0 aliphatic carbocycles. The van der Waals surface area contributed by atoms with Gasteiger partial charge in [0.15, 0.2) is 12.7 Å². The maximum atomic E-state index is 12.5. The van der Waals surface area contributed by atoms with Gasteiger partial charge in [0.25, 0.3) is 0 Å². The molecule has 38 heavy (non-hydrogen) atoms. The summed E-state index contributed by atoms with van der Waals surface area (Å²) in [6.45, 7) is 6.02. The van der Waals surface area contributed by atoms with Gasteiger partial charge in [0.1, 0.15) is 5.75 Å². The number of carbonyl (C=O) groups is 1. The third-order valence-corrected chi connectivity index (χ3v) is 7.70. The van der Waals surface area contributed by atoms with Crippen LogP contribution in [0.25, 0.3) is 0 Å². The number of nitrogens with zero attached hydrogens (tertiary/aromatic N) is 2. The van der Waals surface area contributed by atoms with E-state index in [9.17, 15) is 4.79 Å². The van der Waals surface area contributed by atoms with Gasteiger partial charge in [-0.1, -0.05) is 113 Å². The molecule has 3 rings (SSSR count). The lowest BCUT2D eigenvalue weighted by molar-refractivity contribution is -0.683. The molecular weight excluding hydrogens is 488 g/mol. The number of ether oxygens (including phenoxy) is 1. The Morgan fingerprint density at radius 2 is 1.50 bits per heavy atom. The summed E-state index contributed by atoms with van der Waals surface area (Å²) >= 11 is 1.68. The van der Waals surface area contributed by atoms with Crippen LogP contribution < -0.4 is 14.2 Å². The second-order valence-corrected chi connectivity index (χ2v) is 11.1. The first kappa shape index (κ1) is 29.9. The standard InChI is InChI=1S/C33H47N2O2S/c1-3-4-5-6-7-8-9-10-11-12-13-14-23-37-33-20-18-30(19-21-33)27-35(29(2)36)32-17-15-16-31(25-32)26-34-22-24-38-28-34/h15-22,24-25,28H,3-14,23,26-27H2,1-2H3/q+1. The molecule has 206 valence electrons. The predicted molar refractivity (Wildman–Crippen MR) is 160 cm³/mol. The van der Waals surface area contributed by atoms with Crippen LogP contribution >= 0.6 is 11.3 Å². The molecule has 0 fully saturated rings.